The Balaban J connectivity index is 1.98. The van der Waals surface area contributed by atoms with E-state index in [1.165, 1.54) is 12.8 Å². The first-order valence-electron chi connectivity index (χ1n) is 8.01. The molecule has 0 amide bonds. The predicted molar refractivity (Wildman–Crippen MR) is 85.0 cm³/mol. The van der Waals surface area contributed by atoms with Gasteiger partial charge in [-0.25, -0.2) is 4.79 Å². The Kier molecular flexibility index (Phi) is 3.46. The molecule has 2 unspecified atom stereocenters. The van der Waals surface area contributed by atoms with Crippen molar-refractivity contribution in [2.45, 2.75) is 52.5 Å². The van der Waals surface area contributed by atoms with Crippen molar-refractivity contribution in [3.63, 3.8) is 0 Å². The lowest BCUT2D eigenvalue weighted by Gasteiger charge is -2.39. The molecule has 1 aliphatic heterocycles. The van der Waals surface area contributed by atoms with Crippen molar-refractivity contribution in [1.29, 1.82) is 0 Å². The number of fused-ring (bicyclic) bond motifs is 1. The van der Waals surface area contributed by atoms with Gasteiger partial charge in [0.25, 0.3) is 0 Å². The van der Waals surface area contributed by atoms with Gasteiger partial charge in [0.2, 0.25) is 0 Å². The number of benzene rings is 1. The summed E-state index contributed by atoms with van der Waals surface area (Å²) >= 11 is 0. The molecule has 21 heavy (non-hydrogen) atoms. The number of hydrogen-bond acceptors (Lipinski definition) is 2. The average Bonchev–Trinajstić information content (AvgIpc) is 2.70. The van der Waals surface area contributed by atoms with Gasteiger partial charge in [-0.15, -0.1) is 0 Å². The predicted octanol–water partition coefficient (Wildman–Crippen LogP) is 3.96. The topological polar surface area (TPSA) is 40.5 Å². The molecule has 0 aromatic heterocycles. The van der Waals surface area contributed by atoms with Crippen molar-refractivity contribution in [2.24, 2.45) is 11.3 Å². The van der Waals surface area contributed by atoms with Gasteiger partial charge in [0, 0.05) is 18.3 Å². The van der Waals surface area contributed by atoms with Crippen molar-refractivity contribution in [3.05, 3.63) is 29.3 Å². The molecule has 2 aliphatic rings. The van der Waals surface area contributed by atoms with E-state index in [1.54, 1.807) is 6.07 Å². The van der Waals surface area contributed by atoms with Gasteiger partial charge >= 0.3 is 5.97 Å². The normalized spacial score (nSPS) is 27.5. The summed E-state index contributed by atoms with van der Waals surface area (Å²) in [5.74, 6) is -0.132. The summed E-state index contributed by atoms with van der Waals surface area (Å²) < 4.78 is 0. The van der Waals surface area contributed by atoms with E-state index in [0.29, 0.717) is 22.9 Å². The zero-order valence-electron chi connectivity index (χ0n) is 13.2. The van der Waals surface area contributed by atoms with E-state index in [1.807, 2.05) is 6.07 Å². The number of nitrogens with zero attached hydrogens (tertiary/aromatic N) is 1. The van der Waals surface area contributed by atoms with Crippen LogP contribution in [0.1, 0.15) is 56.0 Å². The Morgan fingerprint density at radius 2 is 2.10 bits per heavy atom. The van der Waals surface area contributed by atoms with E-state index in [2.05, 4.69) is 31.7 Å². The second-order valence-corrected chi connectivity index (χ2v) is 7.52. The van der Waals surface area contributed by atoms with Gasteiger partial charge in [0.15, 0.2) is 0 Å². The van der Waals surface area contributed by atoms with Crippen molar-refractivity contribution in [2.75, 3.05) is 11.4 Å². The molecule has 0 bridgehead atoms. The molecule has 2 atom stereocenters. The molecule has 1 heterocycles. The van der Waals surface area contributed by atoms with Crippen molar-refractivity contribution < 1.29 is 9.90 Å². The third-order valence-electron chi connectivity index (χ3n) is 5.21. The zero-order valence-corrected chi connectivity index (χ0v) is 13.2. The highest BCUT2D eigenvalue weighted by Gasteiger charge is 2.41. The molecule has 1 aliphatic carbocycles. The highest BCUT2D eigenvalue weighted by atomic mass is 16.4. The number of carboxylic acids is 1. The third kappa shape index (κ3) is 2.54. The molecular formula is C18H25NO2. The summed E-state index contributed by atoms with van der Waals surface area (Å²) in [7, 11) is 0. The number of anilines is 1. The molecule has 1 aromatic carbocycles. The van der Waals surface area contributed by atoms with E-state index in [4.69, 9.17) is 0 Å². The minimum atomic E-state index is -0.798. The second-order valence-electron chi connectivity index (χ2n) is 7.52. The fourth-order valence-corrected chi connectivity index (χ4v) is 4.47. The fraction of sp³-hybridized carbons (Fsp3) is 0.611. The van der Waals surface area contributed by atoms with E-state index >= 15 is 0 Å². The first-order valence-corrected chi connectivity index (χ1v) is 8.01. The molecule has 0 radical (unpaired) electrons. The lowest BCUT2D eigenvalue weighted by molar-refractivity contribution is 0.0695. The maximum absolute atomic E-state index is 11.4. The van der Waals surface area contributed by atoms with Crippen LogP contribution in [0.3, 0.4) is 0 Å². The summed E-state index contributed by atoms with van der Waals surface area (Å²) in [5, 5.41) is 9.41. The summed E-state index contributed by atoms with van der Waals surface area (Å²) in [6.07, 6.45) is 4.40. The number of hydrogen-bond donors (Lipinski definition) is 1. The van der Waals surface area contributed by atoms with E-state index in [0.717, 1.165) is 30.6 Å². The minimum absolute atomic E-state index is 0.395. The van der Waals surface area contributed by atoms with Gasteiger partial charge in [-0.05, 0) is 54.7 Å². The molecular weight excluding hydrogens is 262 g/mol. The number of carboxylic acid groups (broad SMARTS) is 1. The zero-order chi connectivity index (χ0) is 15.2. The van der Waals surface area contributed by atoms with Crippen molar-refractivity contribution >= 4 is 11.7 Å². The van der Waals surface area contributed by atoms with Crippen LogP contribution >= 0.6 is 0 Å². The summed E-state index contributed by atoms with van der Waals surface area (Å²) in [4.78, 5) is 13.9. The molecule has 114 valence electrons. The molecule has 1 N–H and O–H groups in total. The largest absolute Gasteiger partial charge is 0.478 e. The molecule has 3 heteroatoms. The quantitative estimate of drug-likeness (QED) is 0.895. The third-order valence-corrected chi connectivity index (χ3v) is 5.21. The molecule has 0 spiro atoms. The lowest BCUT2D eigenvalue weighted by atomic mass is 9.90. The number of aromatic carboxylic acids is 1. The van der Waals surface area contributed by atoms with Gasteiger partial charge in [-0.3, -0.25) is 0 Å². The number of rotatable bonds is 2. The van der Waals surface area contributed by atoms with Gasteiger partial charge in [0.1, 0.15) is 0 Å². The smallest absolute Gasteiger partial charge is 0.336 e. The van der Waals surface area contributed by atoms with Crippen molar-refractivity contribution in [3.8, 4) is 0 Å². The molecule has 0 saturated heterocycles. The molecule has 1 saturated carbocycles. The van der Waals surface area contributed by atoms with Crippen LogP contribution in [-0.2, 0) is 6.42 Å². The van der Waals surface area contributed by atoms with Crippen LogP contribution in [0, 0.1) is 11.3 Å². The van der Waals surface area contributed by atoms with Gasteiger partial charge in [-0.1, -0.05) is 26.8 Å². The van der Waals surface area contributed by atoms with Crippen LogP contribution in [0.4, 0.5) is 5.69 Å². The highest BCUT2D eigenvalue weighted by molar-refractivity contribution is 5.91. The van der Waals surface area contributed by atoms with Crippen LogP contribution in [0.2, 0.25) is 0 Å². The van der Waals surface area contributed by atoms with Gasteiger partial charge < -0.3 is 10.0 Å². The Hall–Kier alpha value is -1.51. The Bertz CT molecular complexity index is 564. The molecule has 3 nitrogen and oxygen atoms in total. The van der Waals surface area contributed by atoms with Gasteiger partial charge in [-0.2, -0.15) is 0 Å². The van der Waals surface area contributed by atoms with Crippen molar-refractivity contribution in [1.82, 2.24) is 0 Å². The standard InChI is InChI=1S/C18H25NO2/c1-12-10-18(2,3)11-16(12)19-9-5-7-13-14(17(20)21)6-4-8-15(13)19/h4,6,8,12,16H,5,7,9-11H2,1-3H3,(H,20,21). The van der Waals surface area contributed by atoms with Crippen LogP contribution < -0.4 is 4.90 Å². The van der Waals surface area contributed by atoms with Gasteiger partial charge in [0.05, 0.1) is 5.56 Å². The maximum atomic E-state index is 11.4. The Morgan fingerprint density at radius 3 is 2.71 bits per heavy atom. The molecule has 3 rings (SSSR count). The van der Waals surface area contributed by atoms with Crippen LogP contribution in [0.15, 0.2) is 18.2 Å². The summed E-state index contributed by atoms with van der Waals surface area (Å²) in [6.45, 7) is 8.10. The monoisotopic (exact) mass is 287 g/mol. The second kappa shape index (κ2) is 5.04. The minimum Gasteiger partial charge on any atom is -0.478 e. The number of carbonyl (C=O) groups is 1. The summed E-state index contributed by atoms with van der Waals surface area (Å²) in [5.41, 5.74) is 3.08. The van der Waals surface area contributed by atoms with Crippen LogP contribution in [-0.4, -0.2) is 23.7 Å². The van der Waals surface area contributed by atoms with Crippen LogP contribution in [0.5, 0.6) is 0 Å². The summed E-state index contributed by atoms with van der Waals surface area (Å²) in [6, 6.07) is 6.29. The average molecular weight is 287 g/mol. The first kappa shape index (κ1) is 14.4. The highest BCUT2D eigenvalue weighted by Crippen LogP contribution is 2.46. The Labute approximate surface area is 127 Å². The molecule has 1 fully saturated rings. The van der Waals surface area contributed by atoms with E-state index in [-0.39, 0.29) is 0 Å². The maximum Gasteiger partial charge on any atom is 0.336 e. The first-order chi connectivity index (χ1) is 9.89. The van der Waals surface area contributed by atoms with E-state index < -0.39 is 5.97 Å². The van der Waals surface area contributed by atoms with E-state index in [9.17, 15) is 9.90 Å². The lowest BCUT2D eigenvalue weighted by Crippen LogP contribution is -2.41. The Morgan fingerprint density at radius 1 is 1.33 bits per heavy atom. The van der Waals surface area contributed by atoms with Crippen LogP contribution in [0.25, 0.3) is 0 Å². The SMILES string of the molecule is CC1CC(C)(C)CC1N1CCCc2c(C(=O)O)cccc21. The molecule has 1 aromatic rings. The fourth-order valence-electron chi connectivity index (χ4n) is 4.47.